The number of rotatable bonds is 4. The van der Waals surface area contributed by atoms with Crippen molar-refractivity contribution in [2.45, 2.75) is 25.8 Å². The minimum atomic E-state index is 0.0143. The summed E-state index contributed by atoms with van der Waals surface area (Å²) in [6.45, 7) is 5.66. The average Bonchev–Trinajstić information content (AvgIpc) is 2.46. The minimum absolute atomic E-state index is 0.0143. The van der Waals surface area contributed by atoms with Crippen LogP contribution in [-0.4, -0.2) is 43.5 Å². The van der Waals surface area contributed by atoms with Gasteiger partial charge in [0.1, 0.15) is 5.84 Å². The van der Waals surface area contributed by atoms with Gasteiger partial charge in [-0.1, -0.05) is 18.5 Å². The normalized spacial score (nSPS) is 17.1. The summed E-state index contributed by atoms with van der Waals surface area (Å²) in [4.78, 5) is 4.78. The van der Waals surface area contributed by atoms with Crippen molar-refractivity contribution >= 4 is 23.1 Å². The number of hydrogen-bond donors (Lipinski definition) is 2. The highest BCUT2D eigenvalue weighted by molar-refractivity contribution is 6.34. The van der Waals surface area contributed by atoms with Crippen LogP contribution in [0.3, 0.4) is 0 Å². The van der Waals surface area contributed by atoms with Gasteiger partial charge in [0.05, 0.1) is 5.02 Å². The van der Waals surface area contributed by atoms with Crippen LogP contribution in [0.2, 0.25) is 5.02 Å². The number of amidine groups is 1. The van der Waals surface area contributed by atoms with Gasteiger partial charge in [-0.3, -0.25) is 5.41 Å². The second-order valence-electron chi connectivity index (χ2n) is 5.35. The summed E-state index contributed by atoms with van der Waals surface area (Å²) < 4.78 is 0. The number of nitrogens with zero attached hydrogens (tertiary/aromatic N) is 2. The monoisotopic (exact) mass is 294 g/mol. The first-order chi connectivity index (χ1) is 9.52. The Balaban J connectivity index is 2.08. The number of nitrogens with one attached hydrogen (secondary N) is 1. The third-order valence-electron chi connectivity index (χ3n) is 4.20. The zero-order valence-corrected chi connectivity index (χ0v) is 13.0. The maximum absolute atomic E-state index is 7.47. The highest BCUT2D eigenvalue weighted by Crippen LogP contribution is 2.26. The number of hydrogen-bond acceptors (Lipinski definition) is 3. The van der Waals surface area contributed by atoms with E-state index >= 15 is 0 Å². The van der Waals surface area contributed by atoms with Crippen LogP contribution in [0.4, 0.5) is 5.69 Å². The van der Waals surface area contributed by atoms with Gasteiger partial charge in [-0.05, 0) is 37.6 Å². The molecule has 0 aliphatic carbocycles. The third kappa shape index (κ3) is 3.25. The van der Waals surface area contributed by atoms with Crippen LogP contribution in [0, 0.1) is 5.41 Å². The first-order valence-electron chi connectivity index (χ1n) is 7.12. The van der Waals surface area contributed by atoms with Gasteiger partial charge < -0.3 is 15.5 Å². The van der Waals surface area contributed by atoms with Gasteiger partial charge in [0.15, 0.2) is 0 Å². The van der Waals surface area contributed by atoms with E-state index in [1.165, 1.54) is 12.8 Å². The lowest BCUT2D eigenvalue weighted by Gasteiger charge is -2.37. The summed E-state index contributed by atoms with van der Waals surface area (Å²) in [6.07, 6.45) is 2.35. The van der Waals surface area contributed by atoms with E-state index in [0.717, 1.165) is 25.3 Å². The van der Waals surface area contributed by atoms with E-state index in [1.54, 1.807) is 0 Å². The molecular weight excluding hydrogens is 272 g/mol. The van der Waals surface area contributed by atoms with Crippen LogP contribution in [0.15, 0.2) is 18.2 Å². The van der Waals surface area contributed by atoms with Crippen molar-refractivity contribution in [3.63, 3.8) is 0 Å². The Bertz CT molecular complexity index is 481. The molecule has 0 spiro atoms. The number of halogens is 1. The van der Waals surface area contributed by atoms with E-state index in [-0.39, 0.29) is 5.84 Å². The van der Waals surface area contributed by atoms with Gasteiger partial charge in [0, 0.05) is 37.4 Å². The molecular formula is C15H23ClN4. The molecule has 20 heavy (non-hydrogen) atoms. The molecule has 0 radical (unpaired) electrons. The van der Waals surface area contributed by atoms with E-state index in [4.69, 9.17) is 22.7 Å². The van der Waals surface area contributed by atoms with Gasteiger partial charge in [0.2, 0.25) is 0 Å². The molecule has 1 aromatic carbocycles. The van der Waals surface area contributed by atoms with E-state index in [0.29, 0.717) is 16.6 Å². The second kappa shape index (κ2) is 6.46. The molecule has 110 valence electrons. The summed E-state index contributed by atoms with van der Waals surface area (Å²) in [6, 6.07) is 6.29. The number of piperidine rings is 1. The Morgan fingerprint density at radius 3 is 2.60 bits per heavy atom. The van der Waals surface area contributed by atoms with Gasteiger partial charge in [-0.15, -0.1) is 0 Å². The van der Waals surface area contributed by atoms with Crippen molar-refractivity contribution in [3.8, 4) is 0 Å². The zero-order valence-electron chi connectivity index (χ0n) is 12.2. The molecule has 1 fully saturated rings. The molecule has 1 aromatic rings. The first-order valence-corrected chi connectivity index (χ1v) is 7.49. The second-order valence-corrected chi connectivity index (χ2v) is 5.76. The van der Waals surface area contributed by atoms with Crippen LogP contribution in [0.1, 0.15) is 25.3 Å². The van der Waals surface area contributed by atoms with Crippen LogP contribution >= 0.6 is 11.6 Å². The zero-order chi connectivity index (χ0) is 14.7. The SMILES string of the molecule is CCN1CCC(N(C)c2ccc(C(=N)N)c(Cl)c2)CC1. The summed E-state index contributed by atoms with van der Waals surface area (Å²) in [7, 11) is 2.12. The van der Waals surface area contributed by atoms with Crippen molar-refractivity contribution in [2.75, 3.05) is 31.6 Å². The molecule has 0 bridgehead atoms. The fourth-order valence-electron chi connectivity index (χ4n) is 2.78. The molecule has 0 atom stereocenters. The van der Waals surface area contributed by atoms with E-state index in [1.807, 2.05) is 18.2 Å². The molecule has 1 aliphatic rings. The fraction of sp³-hybridized carbons (Fsp3) is 0.533. The van der Waals surface area contributed by atoms with E-state index in [2.05, 4.69) is 23.8 Å². The van der Waals surface area contributed by atoms with Crippen LogP contribution in [0.5, 0.6) is 0 Å². The van der Waals surface area contributed by atoms with E-state index < -0.39 is 0 Å². The smallest absolute Gasteiger partial charge is 0.124 e. The fourth-order valence-corrected chi connectivity index (χ4v) is 3.05. The number of nitrogen functional groups attached to an aromatic ring is 1. The Morgan fingerprint density at radius 2 is 2.10 bits per heavy atom. The summed E-state index contributed by atoms with van der Waals surface area (Å²) in [5.41, 5.74) is 7.19. The van der Waals surface area contributed by atoms with Crippen molar-refractivity contribution in [3.05, 3.63) is 28.8 Å². The highest BCUT2D eigenvalue weighted by Gasteiger charge is 2.22. The number of benzene rings is 1. The molecule has 1 heterocycles. The molecule has 1 aliphatic heterocycles. The van der Waals surface area contributed by atoms with Crippen LogP contribution < -0.4 is 10.6 Å². The standard InChI is InChI=1S/C15H23ClN4/c1-3-20-8-6-11(7-9-20)19(2)12-4-5-13(15(17)18)14(16)10-12/h4-5,10-11H,3,6-9H2,1-2H3,(H3,17,18). The van der Waals surface area contributed by atoms with Crippen molar-refractivity contribution in [1.82, 2.24) is 4.90 Å². The minimum Gasteiger partial charge on any atom is -0.384 e. The molecule has 1 saturated heterocycles. The molecule has 5 heteroatoms. The lowest BCUT2D eigenvalue weighted by atomic mass is 10.0. The Kier molecular flexibility index (Phi) is 4.89. The number of anilines is 1. The summed E-state index contributed by atoms with van der Waals surface area (Å²) >= 11 is 6.20. The first kappa shape index (κ1) is 15.1. The lowest BCUT2D eigenvalue weighted by Crippen LogP contribution is -2.43. The molecule has 2 rings (SSSR count). The molecule has 3 N–H and O–H groups in total. The molecule has 4 nitrogen and oxygen atoms in total. The third-order valence-corrected chi connectivity index (χ3v) is 4.51. The lowest BCUT2D eigenvalue weighted by molar-refractivity contribution is 0.221. The number of nitrogens with two attached hydrogens (primary N) is 1. The maximum atomic E-state index is 7.47. The van der Waals surface area contributed by atoms with Crippen LogP contribution in [-0.2, 0) is 0 Å². The highest BCUT2D eigenvalue weighted by atomic mass is 35.5. The van der Waals surface area contributed by atoms with Crippen molar-refractivity contribution in [1.29, 1.82) is 5.41 Å². The predicted octanol–water partition coefficient (Wildman–Crippen LogP) is 2.54. The van der Waals surface area contributed by atoms with Crippen LogP contribution in [0.25, 0.3) is 0 Å². The van der Waals surface area contributed by atoms with Gasteiger partial charge in [-0.25, -0.2) is 0 Å². The van der Waals surface area contributed by atoms with Gasteiger partial charge >= 0.3 is 0 Å². The number of likely N-dealkylation sites (tertiary alicyclic amines) is 1. The topological polar surface area (TPSA) is 56.4 Å². The quantitative estimate of drug-likeness (QED) is 0.663. The molecule has 0 unspecified atom stereocenters. The molecule has 0 saturated carbocycles. The Morgan fingerprint density at radius 1 is 1.45 bits per heavy atom. The summed E-state index contributed by atoms with van der Waals surface area (Å²) in [5.74, 6) is 0.0143. The van der Waals surface area contributed by atoms with E-state index in [9.17, 15) is 0 Å². The van der Waals surface area contributed by atoms with Gasteiger partial charge in [-0.2, -0.15) is 0 Å². The predicted molar refractivity (Wildman–Crippen MR) is 86.0 cm³/mol. The summed E-state index contributed by atoms with van der Waals surface area (Å²) in [5, 5.41) is 8.02. The maximum Gasteiger partial charge on any atom is 0.124 e. The van der Waals surface area contributed by atoms with Crippen molar-refractivity contribution in [2.24, 2.45) is 5.73 Å². The Labute approximate surface area is 126 Å². The average molecular weight is 295 g/mol. The largest absolute Gasteiger partial charge is 0.384 e. The Hall–Kier alpha value is -1.26. The molecule has 0 amide bonds. The van der Waals surface area contributed by atoms with Gasteiger partial charge in [0.25, 0.3) is 0 Å². The van der Waals surface area contributed by atoms with Crippen molar-refractivity contribution < 1.29 is 0 Å². The molecule has 0 aromatic heterocycles.